The normalized spacial score (nSPS) is 11.8. The number of aromatic nitrogens is 2. The molecule has 0 spiro atoms. The zero-order valence-electron chi connectivity index (χ0n) is 16.6. The zero-order valence-corrected chi connectivity index (χ0v) is 16.6. The highest BCUT2D eigenvalue weighted by Crippen LogP contribution is 2.31. The predicted molar refractivity (Wildman–Crippen MR) is 108 cm³/mol. The van der Waals surface area contributed by atoms with Crippen molar-refractivity contribution in [1.29, 1.82) is 0 Å². The van der Waals surface area contributed by atoms with E-state index in [1.54, 1.807) is 51.1 Å². The molecule has 3 aromatic rings. The molecule has 1 aromatic heterocycles. The van der Waals surface area contributed by atoms with Gasteiger partial charge in [0, 0.05) is 23.0 Å². The number of hydrogen-bond acceptors (Lipinski definition) is 4. The summed E-state index contributed by atoms with van der Waals surface area (Å²) in [5, 5.41) is 2.63. The molecular weight excluding hydrogens is 395 g/mol. The number of nitrogens with one attached hydrogen (secondary N) is 1. The number of benzene rings is 2. The van der Waals surface area contributed by atoms with E-state index in [2.05, 4.69) is 15.3 Å². The third-order valence-electron chi connectivity index (χ3n) is 3.93. The highest BCUT2D eigenvalue weighted by atomic mass is 19.4. The molecule has 30 heavy (non-hydrogen) atoms. The van der Waals surface area contributed by atoms with Gasteiger partial charge in [-0.2, -0.15) is 13.2 Å². The summed E-state index contributed by atoms with van der Waals surface area (Å²) >= 11 is 0. The molecule has 2 aromatic carbocycles. The maximum atomic E-state index is 13.0. The number of halogens is 3. The molecule has 8 heteroatoms. The van der Waals surface area contributed by atoms with Crippen molar-refractivity contribution in [2.24, 2.45) is 0 Å². The molecule has 5 nitrogen and oxygen atoms in total. The summed E-state index contributed by atoms with van der Waals surface area (Å²) in [6, 6.07) is 13.4. The van der Waals surface area contributed by atoms with Crippen molar-refractivity contribution < 1.29 is 22.7 Å². The molecule has 0 bridgehead atoms. The van der Waals surface area contributed by atoms with Crippen LogP contribution in [0, 0.1) is 0 Å². The minimum atomic E-state index is -4.44. The van der Waals surface area contributed by atoms with Gasteiger partial charge in [-0.1, -0.05) is 24.3 Å². The number of alkyl halides is 3. The molecule has 1 heterocycles. The number of ether oxygens (including phenoxy) is 1. The molecule has 0 aliphatic rings. The number of amides is 1. The Morgan fingerprint density at radius 2 is 1.67 bits per heavy atom. The summed E-state index contributed by atoms with van der Waals surface area (Å²) in [5.74, 6) is 0.189. The second kappa shape index (κ2) is 8.14. The van der Waals surface area contributed by atoms with Crippen LogP contribution < -0.4 is 5.32 Å². The van der Waals surface area contributed by atoms with Crippen molar-refractivity contribution in [1.82, 2.24) is 9.97 Å². The Morgan fingerprint density at radius 3 is 2.30 bits per heavy atom. The topological polar surface area (TPSA) is 64.1 Å². The van der Waals surface area contributed by atoms with Crippen LogP contribution in [0.15, 0.2) is 60.8 Å². The quantitative estimate of drug-likeness (QED) is 0.555. The zero-order chi connectivity index (χ0) is 21.9. The Bertz CT molecular complexity index is 1040. The third-order valence-corrected chi connectivity index (χ3v) is 3.93. The molecule has 156 valence electrons. The average molecular weight is 415 g/mol. The number of nitrogens with zero attached hydrogens (tertiary/aromatic N) is 2. The van der Waals surface area contributed by atoms with Gasteiger partial charge in [-0.25, -0.2) is 14.8 Å². The number of rotatable bonds is 3. The second-order valence-electron chi connectivity index (χ2n) is 7.55. The fraction of sp³-hybridized carbons (Fsp3) is 0.227. The molecular formula is C22H20F3N3O2. The summed E-state index contributed by atoms with van der Waals surface area (Å²) in [5.41, 5.74) is 0.716. The molecule has 0 saturated carbocycles. The van der Waals surface area contributed by atoms with Crippen molar-refractivity contribution in [2.45, 2.75) is 32.5 Å². The maximum Gasteiger partial charge on any atom is 0.416 e. The van der Waals surface area contributed by atoms with Gasteiger partial charge in [-0.05, 0) is 51.1 Å². The van der Waals surface area contributed by atoms with E-state index in [1.165, 1.54) is 18.3 Å². The fourth-order valence-corrected chi connectivity index (χ4v) is 2.64. The molecule has 3 rings (SSSR count). The minimum absolute atomic E-state index is 0.189. The summed E-state index contributed by atoms with van der Waals surface area (Å²) in [4.78, 5) is 20.3. The van der Waals surface area contributed by atoms with Gasteiger partial charge in [0.05, 0.1) is 11.3 Å². The predicted octanol–water partition coefficient (Wildman–Crippen LogP) is 6.18. The van der Waals surface area contributed by atoms with E-state index in [0.717, 1.165) is 17.7 Å². The van der Waals surface area contributed by atoms with Crippen LogP contribution in [0.1, 0.15) is 26.3 Å². The molecule has 0 atom stereocenters. The highest BCUT2D eigenvalue weighted by molar-refractivity contribution is 5.85. The molecule has 0 aliphatic heterocycles. The lowest BCUT2D eigenvalue weighted by molar-refractivity contribution is -0.137. The Labute approximate surface area is 171 Å². The van der Waals surface area contributed by atoms with Crippen LogP contribution in [-0.4, -0.2) is 21.7 Å². The van der Waals surface area contributed by atoms with Gasteiger partial charge < -0.3 is 4.74 Å². The number of carbonyl (C=O) groups excluding carboxylic acids is 1. The van der Waals surface area contributed by atoms with E-state index in [4.69, 9.17) is 4.74 Å². The lowest BCUT2D eigenvalue weighted by Crippen LogP contribution is -2.27. The van der Waals surface area contributed by atoms with Gasteiger partial charge in [0.1, 0.15) is 5.60 Å². The molecule has 0 unspecified atom stereocenters. The van der Waals surface area contributed by atoms with Crippen LogP contribution >= 0.6 is 0 Å². The molecule has 0 radical (unpaired) electrons. The maximum absolute atomic E-state index is 13.0. The first kappa shape index (κ1) is 21.3. The van der Waals surface area contributed by atoms with Gasteiger partial charge in [0.25, 0.3) is 0 Å². The van der Waals surface area contributed by atoms with E-state index < -0.39 is 23.4 Å². The minimum Gasteiger partial charge on any atom is -0.444 e. The molecule has 0 saturated heterocycles. The number of hydrogen-bond donors (Lipinski definition) is 1. The second-order valence-corrected chi connectivity index (χ2v) is 7.55. The van der Waals surface area contributed by atoms with E-state index in [9.17, 15) is 18.0 Å². The van der Waals surface area contributed by atoms with Crippen LogP contribution in [0.25, 0.3) is 22.6 Å². The standard InChI is InChI=1S/C22H20F3N3O2/c1-21(2,3)30-20(29)27-17-9-7-14(8-10-17)18-11-12-26-19(28-18)15-5-4-6-16(13-15)22(23,24)25/h4-13H,1-3H3,(H,27,29). The summed E-state index contributed by atoms with van der Waals surface area (Å²) < 4.78 is 44.1. The van der Waals surface area contributed by atoms with Crippen molar-refractivity contribution in [3.8, 4) is 22.6 Å². The summed E-state index contributed by atoms with van der Waals surface area (Å²) in [6.07, 6.45) is -3.51. The van der Waals surface area contributed by atoms with E-state index in [1.807, 2.05) is 0 Å². The van der Waals surface area contributed by atoms with Crippen LogP contribution in [0.3, 0.4) is 0 Å². The third kappa shape index (κ3) is 5.56. The van der Waals surface area contributed by atoms with Gasteiger partial charge in [0.15, 0.2) is 5.82 Å². The van der Waals surface area contributed by atoms with E-state index >= 15 is 0 Å². The Hall–Kier alpha value is -3.42. The summed E-state index contributed by atoms with van der Waals surface area (Å²) in [7, 11) is 0. The first-order valence-corrected chi connectivity index (χ1v) is 9.12. The van der Waals surface area contributed by atoms with Crippen molar-refractivity contribution in [2.75, 3.05) is 5.32 Å². The Kier molecular flexibility index (Phi) is 5.78. The lowest BCUT2D eigenvalue weighted by atomic mass is 10.1. The molecule has 0 fully saturated rings. The van der Waals surface area contributed by atoms with Gasteiger partial charge in [-0.3, -0.25) is 5.32 Å². The summed E-state index contributed by atoms with van der Waals surface area (Å²) in [6.45, 7) is 5.31. The number of anilines is 1. The van der Waals surface area contributed by atoms with E-state index in [0.29, 0.717) is 11.4 Å². The monoisotopic (exact) mass is 415 g/mol. The van der Waals surface area contributed by atoms with Crippen molar-refractivity contribution >= 4 is 11.8 Å². The van der Waals surface area contributed by atoms with Crippen LogP contribution in [0.4, 0.5) is 23.7 Å². The molecule has 1 N–H and O–H groups in total. The Morgan fingerprint density at radius 1 is 0.967 bits per heavy atom. The van der Waals surface area contributed by atoms with Crippen LogP contribution in [0.5, 0.6) is 0 Å². The largest absolute Gasteiger partial charge is 0.444 e. The number of carbonyl (C=O) groups is 1. The van der Waals surface area contributed by atoms with E-state index in [-0.39, 0.29) is 11.4 Å². The van der Waals surface area contributed by atoms with Gasteiger partial charge in [0.2, 0.25) is 0 Å². The fourth-order valence-electron chi connectivity index (χ4n) is 2.64. The van der Waals surface area contributed by atoms with Crippen LogP contribution in [0.2, 0.25) is 0 Å². The highest BCUT2D eigenvalue weighted by Gasteiger charge is 2.30. The Balaban J connectivity index is 1.80. The first-order chi connectivity index (χ1) is 14.0. The first-order valence-electron chi connectivity index (χ1n) is 9.12. The van der Waals surface area contributed by atoms with Crippen molar-refractivity contribution in [3.63, 3.8) is 0 Å². The average Bonchev–Trinajstić information content (AvgIpc) is 2.67. The van der Waals surface area contributed by atoms with Crippen LogP contribution in [-0.2, 0) is 10.9 Å². The van der Waals surface area contributed by atoms with Gasteiger partial charge >= 0.3 is 12.3 Å². The molecule has 1 amide bonds. The smallest absolute Gasteiger partial charge is 0.416 e. The molecule has 0 aliphatic carbocycles. The SMILES string of the molecule is CC(C)(C)OC(=O)Nc1ccc(-c2ccnc(-c3cccc(C(F)(F)F)c3)n2)cc1. The van der Waals surface area contributed by atoms with Crippen molar-refractivity contribution in [3.05, 3.63) is 66.4 Å². The lowest BCUT2D eigenvalue weighted by Gasteiger charge is -2.19. The van der Waals surface area contributed by atoms with Gasteiger partial charge in [-0.15, -0.1) is 0 Å².